The predicted octanol–water partition coefficient (Wildman–Crippen LogP) is 16.2. The van der Waals surface area contributed by atoms with Gasteiger partial charge < -0.3 is 19.3 Å². The molecule has 0 saturated carbocycles. The van der Waals surface area contributed by atoms with E-state index in [2.05, 4.69) is 262 Å². The quantitative estimate of drug-likeness (QED) is 0.102. The van der Waals surface area contributed by atoms with Gasteiger partial charge in [-0.15, -0.1) is 0 Å². The third-order valence-electron chi connectivity index (χ3n) is 15.1. The Hall–Kier alpha value is -7.89. The molecule has 0 N–H and O–H groups in total. The first-order valence-corrected chi connectivity index (χ1v) is 25.7. The number of rotatable bonds is 14. The van der Waals surface area contributed by atoms with Crippen LogP contribution in [-0.4, -0.2) is 36.6 Å². The fourth-order valence-corrected chi connectivity index (χ4v) is 11.4. The molecule has 5 heteroatoms. The Morgan fingerprint density at radius 2 is 1.12 bits per heavy atom. The average Bonchev–Trinajstić information content (AvgIpc) is 3.96. The summed E-state index contributed by atoms with van der Waals surface area (Å²) in [6.45, 7) is 16.4. The number of nitrogens with zero attached hydrogens (tertiary/aromatic N) is 3. The SMILES string of the molecule is Cc1ccc2c(c1)C(C)(C)C(/C=C/C1=C(N(c3ccccc3)c3ccccc3)C(=C/C=C3/N(CCOc4cccc5ccccc45)c4ccc(C)cc4C3(C)C)/CC1)=[N+]2CCOc1cccc2ccccc12. The van der Waals surface area contributed by atoms with Crippen molar-refractivity contribution in [2.24, 2.45) is 0 Å². The zero-order valence-electron chi connectivity index (χ0n) is 42.5. The summed E-state index contributed by atoms with van der Waals surface area (Å²) in [6, 6.07) is 65.2. The van der Waals surface area contributed by atoms with E-state index in [1.807, 2.05) is 0 Å². The number of benzene rings is 8. The van der Waals surface area contributed by atoms with Crippen LogP contribution in [0, 0.1) is 13.8 Å². The Kier molecular flexibility index (Phi) is 12.5. The highest BCUT2D eigenvalue weighted by atomic mass is 16.5. The van der Waals surface area contributed by atoms with Gasteiger partial charge in [-0.3, -0.25) is 0 Å². The number of anilines is 3. The molecule has 0 amide bonds. The maximum Gasteiger partial charge on any atom is 0.209 e. The van der Waals surface area contributed by atoms with E-state index in [4.69, 9.17) is 9.47 Å². The molecule has 0 atom stereocenters. The van der Waals surface area contributed by atoms with Crippen LogP contribution in [0.15, 0.2) is 229 Å². The van der Waals surface area contributed by atoms with Crippen LogP contribution < -0.4 is 19.3 Å². The second kappa shape index (κ2) is 19.4. The van der Waals surface area contributed by atoms with Crippen molar-refractivity contribution in [2.75, 3.05) is 36.1 Å². The fraction of sp³-hybridized carbons (Fsp3) is 0.209. The van der Waals surface area contributed by atoms with Crippen molar-refractivity contribution in [3.8, 4) is 11.5 Å². The third kappa shape index (κ3) is 8.72. The molecule has 11 rings (SSSR count). The molecule has 0 aromatic heterocycles. The van der Waals surface area contributed by atoms with Crippen molar-refractivity contribution in [1.82, 2.24) is 0 Å². The van der Waals surface area contributed by atoms with Gasteiger partial charge in [0, 0.05) is 56.7 Å². The summed E-state index contributed by atoms with van der Waals surface area (Å²) in [6.07, 6.45) is 11.5. The standard InChI is InChI=1S/C67H64N3O2/c1-47-31-37-59-57(45-47)66(3,4)63(68(59)41-43-71-61-29-17-21-49-19-13-15-27-55(49)61)39-35-51-33-34-52(65(51)70(53-23-9-7-10-24-53)54-25-11-8-12-26-54)36-40-64-67(5,6)58-46-48(2)32-38-60(58)69(64)42-44-72-62-30-18-22-50-20-14-16-28-56(50)62/h7-32,35-40,45-46H,33-34,41-44H2,1-6H3/q+1. The van der Waals surface area contributed by atoms with Crippen LogP contribution in [0.25, 0.3) is 21.5 Å². The minimum absolute atomic E-state index is 0.236. The van der Waals surface area contributed by atoms with Crippen molar-refractivity contribution in [3.63, 3.8) is 0 Å². The van der Waals surface area contributed by atoms with Gasteiger partial charge in [0.25, 0.3) is 0 Å². The van der Waals surface area contributed by atoms with E-state index >= 15 is 0 Å². The van der Waals surface area contributed by atoms with Crippen LogP contribution in [0.5, 0.6) is 11.5 Å². The fourth-order valence-electron chi connectivity index (χ4n) is 11.4. The lowest BCUT2D eigenvalue weighted by Gasteiger charge is -2.29. The van der Waals surface area contributed by atoms with E-state index in [1.165, 1.54) is 72.7 Å². The summed E-state index contributed by atoms with van der Waals surface area (Å²) in [5, 5.41) is 4.65. The Morgan fingerprint density at radius 3 is 1.78 bits per heavy atom. The molecule has 358 valence electrons. The molecule has 8 aromatic carbocycles. The summed E-state index contributed by atoms with van der Waals surface area (Å²) in [4.78, 5) is 4.97. The van der Waals surface area contributed by atoms with E-state index in [9.17, 15) is 0 Å². The molecule has 3 aliphatic rings. The highest BCUT2D eigenvalue weighted by Crippen LogP contribution is 2.49. The number of para-hydroxylation sites is 2. The van der Waals surface area contributed by atoms with Crippen LogP contribution in [0.3, 0.4) is 0 Å². The highest BCUT2D eigenvalue weighted by Gasteiger charge is 2.45. The number of hydrogen-bond donors (Lipinski definition) is 0. The van der Waals surface area contributed by atoms with E-state index in [0.29, 0.717) is 26.3 Å². The van der Waals surface area contributed by atoms with Crippen LogP contribution in [0.2, 0.25) is 0 Å². The first-order valence-electron chi connectivity index (χ1n) is 25.7. The van der Waals surface area contributed by atoms with Gasteiger partial charge in [0.05, 0.1) is 17.7 Å². The second-order valence-corrected chi connectivity index (χ2v) is 20.6. The summed E-state index contributed by atoms with van der Waals surface area (Å²) < 4.78 is 15.8. The Morgan fingerprint density at radius 1 is 0.556 bits per heavy atom. The normalized spacial score (nSPS) is 16.9. The van der Waals surface area contributed by atoms with Crippen LogP contribution in [0.1, 0.15) is 62.8 Å². The molecule has 2 aliphatic heterocycles. The monoisotopic (exact) mass is 942 g/mol. The lowest BCUT2D eigenvalue weighted by atomic mass is 9.80. The molecular weight excluding hydrogens is 879 g/mol. The zero-order chi connectivity index (χ0) is 49.4. The lowest BCUT2D eigenvalue weighted by molar-refractivity contribution is -0.439. The van der Waals surface area contributed by atoms with Gasteiger partial charge in [-0.2, -0.15) is 4.58 Å². The van der Waals surface area contributed by atoms with Crippen molar-refractivity contribution in [1.29, 1.82) is 0 Å². The molecule has 0 radical (unpaired) electrons. The minimum Gasteiger partial charge on any atom is -0.491 e. The average molecular weight is 943 g/mol. The number of aryl methyl sites for hydroxylation is 2. The molecule has 5 nitrogen and oxygen atoms in total. The third-order valence-corrected chi connectivity index (χ3v) is 15.1. The van der Waals surface area contributed by atoms with Gasteiger partial charge in [-0.25, -0.2) is 0 Å². The molecule has 0 spiro atoms. The molecule has 72 heavy (non-hydrogen) atoms. The molecule has 0 saturated heterocycles. The van der Waals surface area contributed by atoms with Crippen molar-refractivity contribution in [2.45, 2.75) is 65.2 Å². The van der Waals surface area contributed by atoms with Crippen LogP contribution in [-0.2, 0) is 10.8 Å². The molecule has 0 fully saturated rings. The Bertz CT molecular complexity index is 3450. The maximum absolute atomic E-state index is 6.63. The van der Waals surface area contributed by atoms with Gasteiger partial charge in [-0.05, 0) is 123 Å². The molecule has 1 aliphatic carbocycles. The smallest absolute Gasteiger partial charge is 0.209 e. The zero-order valence-corrected chi connectivity index (χ0v) is 42.5. The van der Waals surface area contributed by atoms with Crippen LogP contribution >= 0.6 is 0 Å². The molecule has 8 aromatic rings. The van der Waals surface area contributed by atoms with Gasteiger partial charge >= 0.3 is 0 Å². The van der Waals surface area contributed by atoms with Crippen molar-refractivity contribution < 1.29 is 14.0 Å². The van der Waals surface area contributed by atoms with Crippen LogP contribution in [0.4, 0.5) is 22.7 Å². The maximum atomic E-state index is 6.63. The predicted molar refractivity (Wildman–Crippen MR) is 301 cm³/mol. The number of hydrogen-bond acceptors (Lipinski definition) is 4. The van der Waals surface area contributed by atoms with E-state index in [0.717, 1.165) is 46.5 Å². The van der Waals surface area contributed by atoms with Crippen molar-refractivity contribution >= 4 is 50.0 Å². The van der Waals surface area contributed by atoms with Gasteiger partial charge in [-0.1, -0.05) is 165 Å². The summed E-state index contributed by atoms with van der Waals surface area (Å²) in [7, 11) is 0. The van der Waals surface area contributed by atoms with Gasteiger partial charge in [0.15, 0.2) is 12.3 Å². The highest BCUT2D eigenvalue weighted by molar-refractivity contribution is 6.03. The van der Waals surface area contributed by atoms with E-state index in [1.54, 1.807) is 0 Å². The first kappa shape index (κ1) is 46.5. The molecular formula is C67H64N3O2+. The summed E-state index contributed by atoms with van der Waals surface area (Å²) >= 11 is 0. The Labute approximate surface area is 426 Å². The second-order valence-electron chi connectivity index (χ2n) is 20.6. The lowest BCUT2D eigenvalue weighted by Crippen LogP contribution is -2.29. The minimum atomic E-state index is -0.236. The van der Waals surface area contributed by atoms with Gasteiger partial charge in [0.1, 0.15) is 24.7 Å². The summed E-state index contributed by atoms with van der Waals surface area (Å²) in [5.74, 6) is 1.84. The van der Waals surface area contributed by atoms with Gasteiger partial charge in [0.2, 0.25) is 5.69 Å². The number of allylic oxidation sites excluding steroid dienone is 7. The number of ether oxygens (including phenoxy) is 2. The van der Waals surface area contributed by atoms with E-state index in [-0.39, 0.29) is 10.8 Å². The topological polar surface area (TPSA) is 27.9 Å². The largest absolute Gasteiger partial charge is 0.491 e. The van der Waals surface area contributed by atoms with Crippen molar-refractivity contribution in [3.05, 3.63) is 251 Å². The molecule has 0 unspecified atom stereocenters. The molecule has 2 heterocycles. The summed E-state index contributed by atoms with van der Waals surface area (Å²) in [5.41, 5.74) is 15.9. The molecule has 0 bridgehead atoms. The number of fused-ring (bicyclic) bond motifs is 4. The Balaban J connectivity index is 0.999. The first-order chi connectivity index (χ1) is 35.1. The van der Waals surface area contributed by atoms with E-state index < -0.39 is 0 Å².